The van der Waals surface area contributed by atoms with Crippen LogP contribution < -0.4 is 10.1 Å². The predicted molar refractivity (Wildman–Crippen MR) is 121 cm³/mol. The van der Waals surface area contributed by atoms with E-state index >= 15 is 0 Å². The van der Waals surface area contributed by atoms with Crippen molar-refractivity contribution in [3.8, 4) is 28.0 Å². The van der Waals surface area contributed by atoms with Crippen molar-refractivity contribution in [2.75, 3.05) is 12.4 Å². The van der Waals surface area contributed by atoms with Crippen molar-refractivity contribution in [2.45, 2.75) is 13.8 Å². The van der Waals surface area contributed by atoms with Gasteiger partial charge in [0.2, 0.25) is 5.95 Å². The number of hydrogen-bond acceptors (Lipinski definition) is 6. The van der Waals surface area contributed by atoms with Crippen LogP contribution in [0.4, 0.5) is 11.6 Å². The van der Waals surface area contributed by atoms with Gasteiger partial charge in [0.25, 0.3) is 0 Å². The van der Waals surface area contributed by atoms with E-state index in [0.717, 1.165) is 56.2 Å². The van der Waals surface area contributed by atoms with Crippen molar-refractivity contribution >= 4 is 22.7 Å². The Morgan fingerprint density at radius 2 is 1.87 bits per heavy atom. The molecule has 5 aromatic rings. The predicted octanol–water partition coefficient (Wildman–Crippen LogP) is 5.65. The third-order valence-electron chi connectivity index (χ3n) is 5.25. The first-order valence-corrected chi connectivity index (χ1v) is 9.91. The second-order valence-electron chi connectivity index (χ2n) is 7.30. The van der Waals surface area contributed by atoms with Crippen molar-refractivity contribution in [1.82, 2.24) is 20.1 Å². The van der Waals surface area contributed by atoms with Gasteiger partial charge in [0.05, 0.1) is 12.8 Å². The lowest BCUT2D eigenvalue weighted by Gasteiger charge is -2.07. The summed E-state index contributed by atoms with van der Waals surface area (Å²) >= 11 is 0. The topological polar surface area (TPSA) is 88.9 Å². The molecule has 2 aromatic carbocycles. The molecule has 0 spiro atoms. The van der Waals surface area contributed by atoms with Crippen LogP contribution in [0.3, 0.4) is 0 Å². The molecule has 3 heterocycles. The van der Waals surface area contributed by atoms with Crippen LogP contribution >= 0.6 is 0 Å². The number of methoxy groups -OCH3 is 1. The summed E-state index contributed by atoms with van der Waals surface area (Å²) in [5, 5.41) is 8.25. The Hall–Kier alpha value is -4.13. The van der Waals surface area contributed by atoms with Crippen LogP contribution in [0.15, 0.2) is 65.4 Å². The summed E-state index contributed by atoms with van der Waals surface area (Å²) in [4.78, 5) is 12.4. The average molecular weight is 411 g/mol. The molecule has 0 aliphatic carbocycles. The monoisotopic (exact) mass is 411 g/mol. The number of H-pyrrole nitrogens is 1. The molecule has 0 saturated heterocycles. The molecule has 31 heavy (non-hydrogen) atoms. The Bertz CT molecular complexity index is 1370. The second kappa shape index (κ2) is 7.60. The van der Waals surface area contributed by atoms with Crippen LogP contribution in [0.2, 0.25) is 0 Å². The van der Waals surface area contributed by atoms with Gasteiger partial charge >= 0.3 is 0 Å². The molecule has 0 aliphatic heterocycles. The Morgan fingerprint density at radius 3 is 2.68 bits per heavy atom. The van der Waals surface area contributed by atoms with Gasteiger partial charge in [-0.3, -0.25) is 0 Å². The fourth-order valence-corrected chi connectivity index (χ4v) is 3.77. The Kier molecular flexibility index (Phi) is 4.63. The summed E-state index contributed by atoms with van der Waals surface area (Å²) in [7, 11) is 1.64. The second-order valence-corrected chi connectivity index (χ2v) is 7.30. The molecule has 0 saturated carbocycles. The van der Waals surface area contributed by atoms with Crippen molar-refractivity contribution < 1.29 is 9.26 Å². The number of aromatic amines is 1. The van der Waals surface area contributed by atoms with Gasteiger partial charge in [-0.1, -0.05) is 29.4 Å². The van der Waals surface area contributed by atoms with Crippen LogP contribution in [-0.4, -0.2) is 27.2 Å². The molecule has 0 bridgehead atoms. The molecular formula is C24H21N5O2. The van der Waals surface area contributed by atoms with E-state index in [9.17, 15) is 0 Å². The van der Waals surface area contributed by atoms with Crippen molar-refractivity contribution in [3.05, 3.63) is 72.4 Å². The molecule has 3 aromatic heterocycles. The first-order valence-electron chi connectivity index (χ1n) is 9.91. The molecule has 0 fully saturated rings. The number of benzene rings is 2. The van der Waals surface area contributed by atoms with Gasteiger partial charge in [-0.2, -0.15) is 4.98 Å². The lowest BCUT2D eigenvalue weighted by Crippen LogP contribution is -1.97. The van der Waals surface area contributed by atoms with Crippen molar-refractivity contribution in [3.63, 3.8) is 0 Å². The molecule has 7 heteroatoms. The van der Waals surface area contributed by atoms with Gasteiger partial charge in [0.1, 0.15) is 17.2 Å². The highest BCUT2D eigenvalue weighted by Crippen LogP contribution is 2.33. The van der Waals surface area contributed by atoms with E-state index in [-0.39, 0.29) is 0 Å². The zero-order valence-electron chi connectivity index (χ0n) is 17.4. The highest BCUT2D eigenvalue weighted by atomic mass is 16.5. The van der Waals surface area contributed by atoms with E-state index in [0.29, 0.717) is 5.95 Å². The average Bonchev–Trinajstić information content (AvgIpc) is 3.36. The molecule has 0 atom stereocenters. The summed E-state index contributed by atoms with van der Waals surface area (Å²) in [5.41, 5.74) is 6.71. The maximum Gasteiger partial charge on any atom is 0.229 e. The number of aryl methyl sites for hydroxylation is 2. The molecule has 5 rings (SSSR count). The molecule has 0 unspecified atom stereocenters. The van der Waals surface area contributed by atoms with E-state index in [1.807, 2.05) is 56.6 Å². The van der Waals surface area contributed by atoms with Gasteiger partial charge in [-0.25, -0.2) is 4.98 Å². The van der Waals surface area contributed by atoms with Gasteiger partial charge in [0.15, 0.2) is 0 Å². The van der Waals surface area contributed by atoms with Crippen LogP contribution in [0.1, 0.15) is 11.5 Å². The molecule has 2 N–H and O–H groups in total. The van der Waals surface area contributed by atoms with Gasteiger partial charge in [-0.05, 0) is 43.2 Å². The zero-order chi connectivity index (χ0) is 21.4. The lowest BCUT2D eigenvalue weighted by molar-refractivity contribution is 0.393. The van der Waals surface area contributed by atoms with Crippen LogP contribution in [0.5, 0.6) is 5.75 Å². The number of ether oxygens (including phenoxy) is 1. The Morgan fingerprint density at radius 1 is 1.03 bits per heavy atom. The molecule has 0 amide bonds. The van der Waals surface area contributed by atoms with Crippen LogP contribution in [-0.2, 0) is 0 Å². The summed E-state index contributed by atoms with van der Waals surface area (Å²) in [5.74, 6) is 2.09. The van der Waals surface area contributed by atoms with E-state index in [1.165, 1.54) is 0 Å². The Balaban J connectivity index is 1.49. The summed E-state index contributed by atoms with van der Waals surface area (Å²) in [6.07, 6.45) is 3.79. The number of fused-ring (bicyclic) bond motifs is 1. The number of nitrogens with one attached hydrogen (secondary N) is 2. The first-order chi connectivity index (χ1) is 15.1. The molecule has 0 aliphatic rings. The van der Waals surface area contributed by atoms with E-state index in [4.69, 9.17) is 9.26 Å². The normalized spacial score (nSPS) is 11.1. The molecule has 0 radical (unpaired) electrons. The first kappa shape index (κ1) is 18.9. The molecule has 7 nitrogen and oxygen atoms in total. The fourth-order valence-electron chi connectivity index (χ4n) is 3.77. The smallest absolute Gasteiger partial charge is 0.229 e. The molecular weight excluding hydrogens is 390 g/mol. The largest absolute Gasteiger partial charge is 0.497 e. The SMILES string of the molecule is COc1cccc(Nc2ncc3c(-c4cccc(-c5c(C)noc5C)c4)c[nH]c3n2)c1. The number of aromatic nitrogens is 4. The Labute approximate surface area is 179 Å². The van der Waals surface area contributed by atoms with Gasteiger partial charge in [0, 0.05) is 40.7 Å². The van der Waals surface area contributed by atoms with Crippen LogP contribution in [0.25, 0.3) is 33.3 Å². The van der Waals surface area contributed by atoms with Crippen molar-refractivity contribution in [1.29, 1.82) is 0 Å². The minimum absolute atomic E-state index is 0.513. The number of rotatable bonds is 5. The van der Waals surface area contributed by atoms with E-state index in [2.05, 4.69) is 43.6 Å². The van der Waals surface area contributed by atoms with Crippen LogP contribution in [0, 0.1) is 13.8 Å². The highest BCUT2D eigenvalue weighted by molar-refractivity contribution is 5.94. The number of hydrogen-bond donors (Lipinski definition) is 2. The van der Waals surface area contributed by atoms with Gasteiger partial charge < -0.3 is 19.6 Å². The minimum atomic E-state index is 0.513. The quantitative estimate of drug-likeness (QED) is 0.389. The van der Waals surface area contributed by atoms with Crippen molar-refractivity contribution in [2.24, 2.45) is 0 Å². The third kappa shape index (κ3) is 3.50. The maximum absolute atomic E-state index is 5.34. The highest BCUT2D eigenvalue weighted by Gasteiger charge is 2.14. The summed E-state index contributed by atoms with van der Waals surface area (Å²) in [6.45, 7) is 3.88. The third-order valence-corrected chi connectivity index (χ3v) is 5.25. The zero-order valence-corrected chi connectivity index (χ0v) is 17.4. The summed E-state index contributed by atoms with van der Waals surface area (Å²) in [6, 6.07) is 16.0. The fraction of sp³-hybridized carbons (Fsp3) is 0.125. The lowest BCUT2D eigenvalue weighted by atomic mass is 9.98. The van der Waals surface area contributed by atoms with E-state index < -0.39 is 0 Å². The number of nitrogens with zero attached hydrogens (tertiary/aromatic N) is 3. The summed E-state index contributed by atoms with van der Waals surface area (Å²) < 4.78 is 10.6. The van der Waals surface area contributed by atoms with Gasteiger partial charge in [-0.15, -0.1) is 0 Å². The number of anilines is 2. The minimum Gasteiger partial charge on any atom is -0.497 e. The van der Waals surface area contributed by atoms with E-state index in [1.54, 1.807) is 7.11 Å². The molecule has 154 valence electrons. The maximum atomic E-state index is 5.34. The standard InChI is InChI=1S/C24H21N5O2/c1-14-22(15(2)31-29-14)17-7-4-6-16(10-17)20-12-25-23-21(20)13-26-24(28-23)27-18-8-5-9-19(11-18)30-3/h4-13H,1-3H3,(H2,25,26,27,28).